The normalized spacial score (nSPS) is 52.2. The maximum absolute atomic E-state index is 12.5. The smallest absolute Gasteiger partial charge is 0.307 e. The number of carbonyl (C=O) groups is 1. The summed E-state index contributed by atoms with van der Waals surface area (Å²) in [5.74, 6) is 1.92. The number of rotatable bonds is 3. The van der Waals surface area contributed by atoms with Crippen LogP contribution < -0.4 is 0 Å². The second-order valence-electron chi connectivity index (χ2n) is 14.1. The molecule has 4 fully saturated rings. The average molecular weight is 457 g/mol. The standard InChI is InChI=1S/C30H48O3/c1-18(2)20(4)25-27(5)13-8-14-30(17-33-25)22-12-16-29(7)24(26(31)32)19(3)11-15-28(29,6)21(22)9-10-23(27)30/h12,18-21,23-25H,8-11,13-17H2,1-7H3,(H,31,32)/t19?,20-,21?,23?,24?,25?,27?,28?,29?,30?/m1/s1. The van der Waals surface area contributed by atoms with Crippen molar-refractivity contribution in [3.05, 3.63) is 11.6 Å². The SMILES string of the molecule is CC1CCC2(C)C3CCC4C5(CCCC4(C)C([C@H](C)C(C)C)OC5)C3=CCC2(C)C1C(=O)O. The van der Waals surface area contributed by atoms with Crippen molar-refractivity contribution in [3.8, 4) is 0 Å². The van der Waals surface area contributed by atoms with Crippen LogP contribution in [0.15, 0.2) is 11.6 Å². The summed E-state index contributed by atoms with van der Waals surface area (Å²) in [5.41, 5.74) is 2.06. The second kappa shape index (κ2) is 7.58. The van der Waals surface area contributed by atoms with Crippen molar-refractivity contribution < 1.29 is 14.6 Å². The molecule has 10 atom stereocenters. The van der Waals surface area contributed by atoms with Crippen molar-refractivity contribution in [2.24, 2.45) is 57.2 Å². The van der Waals surface area contributed by atoms with E-state index in [4.69, 9.17) is 4.74 Å². The Morgan fingerprint density at radius 1 is 1.06 bits per heavy atom. The summed E-state index contributed by atoms with van der Waals surface area (Å²) >= 11 is 0. The Labute approximate surface area is 202 Å². The highest BCUT2D eigenvalue weighted by Gasteiger charge is 2.68. The summed E-state index contributed by atoms with van der Waals surface area (Å²) in [7, 11) is 0. The van der Waals surface area contributed by atoms with Gasteiger partial charge in [-0.05, 0) is 90.8 Å². The lowest BCUT2D eigenvalue weighted by Gasteiger charge is -2.70. The monoisotopic (exact) mass is 456 g/mol. The summed E-state index contributed by atoms with van der Waals surface area (Å²) < 4.78 is 6.92. The van der Waals surface area contributed by atoms with Gasteiger partial charge in [-0.2, -0.15) is 0 Å². The minimum atomic E-state index is -0.573. The zero-order valence-electron chi connectivity index (χ0n) is 22.2. The number of fused-ring (bicyclic) bond motifs is 3. The summed E-state index contributed by atoms with van der Waals surface area (Å²) in [5, 5.41) is 10.3. The van der Waals surface area contributed by atoms with Crippen LogP contribution in [0.4, 0.5) is 0 Å². The number of aliphatic carboxylic acids is 1. The average Bonchev–Trinajstić information content (AvgIpc) is 2.73. The van der Waals surface area contributed by atoms with E-state index in [-0.39, 0.29) is 33.5 Å². The van der Waals surface area contributed by atoms with Crippen molar-refractivity contribution in [2.45, 2.75) is 106 Å². The van der Waals surface area contributed by atoms with E-state index < -0.39 is 5.97 Å². The van der Waals surface area contributed by atoms with Gasteiger partial charge in [-0.3, -0.25) is 4.79 Å². The van der Waals surface area contributed by atoms with Crippen LogP contribution >= 0.6 is 0 Å². The maximum Gasteiger partial charge on any atom is 0.307 e. The van der Waals surface area contributed by atoms with Crippen LogP contribution in [0.2, 0.25) is 0 Å². The molecule has 0 aromatic rings. The van der Waals surface area contributed by atoms with E-state index in [1.807, 2.05) is 0 Å². The molecular weight excluding hydrogens is 408 g/mol. The fraction of sp³-hybridized carbons (Fsp3) is 0.900. The number of hydrogen-bond donors (Lipinski definition) is 1. The number of allylic oxidation sites excluding steroid dienone is 1. The lowest BCUT2D eigenvalue weighted by atomic mass is 9.36. The van der Waals surface area contributed by atoms with E-state index in [0.29, 0.717) is 29.8 Å². The van der Waals surface area contributed by atoms with Crippen LogP contribution in [-0.2, 0) is 9.53 Å². The Morgan fingerprint density at radius 3 is 2.45 bits per heavy atom. The van der Waals surface area contributed by atoms with Crippen LogP contribution in [0.25, 0.3) is 0 Å². The van der Waals surface area contributed by atoms with Gasteiger partial charge in [-0.1, -0.05) is 66.5 Å². The molecule has 5 rings (SSSR count). The van der Waals surface area contributed by atoms with Gasteiger partial charge in [-0.15, -0.1) is 0 Å². The Balaban J connectivity index is 1.57. The minimum absolute atomic E-state index is 0.0717. The van der Waals surface area contributed by atoms with E-state index in [2.05, 4.69) is 54.5 Å². The van der Waals surface area contributed by atoms with Gasteiger partial charge in [0.1, 0.15) is 0 Å². The molecule has 1 saturated heterocycles. The third-order valence-electron chi connectivity index (χ3n) is 12.7. The van der Waals surface area contributed by atoms with Crippen LogP contribution in [0.5, 0.6) is 0 Å². The topological polar surface area (TPSA) is 46.5 Å². The van der Waals surface area contributed by atoms with E-state index >= 15 is 0 Å². The molecule has 0 amide bonds. The van der Waals surface area contributed by atoms with Crippen LogP contribution in [0, 0.1) is 57.2 Å². The summed E-state index contributed by atoms with van der Waals surface area (Å²) in [6.45, 7) is 17.5. The molecule has 186 valence electrons. The molecule has 0 aromatic carbocycles. The minimum Gasteiger partial charge on any atom is -0.481 e. The van der Waals surface area contributed by atoms with Gasteiger partial charge in [0.05, 0.1) is 18.6 Å². The number of carboxylic acid groups (broad SMARTS) is 1. The summed E-state index contributed by atoms with van der Waals surface area (Å²) in [4.78, 5) is 12.5. The Hall–Kier alpha value is -0.830. The predicted octanol–water partition coefficient (Wildman–Crippen LogP) is 7.35. The fourth-order valence-electron chi connectivity index (χ4n) is 10.4. The molecule has 1 aliphatic heterocycles. The Kier molecular flexibility index (Phi) is 5.49. The lowest BCUT2D eigenvalue weighted by molar-refractivity contribution is -0.237. The zero-order chi connectivity index (χ0) is 24.0. The molecule has 0 aromatic heterocycles. The molecule has 9 unspecified atom stereocenters. The van der Waals surface area contributed by atoms with Crippen LogP contribution in [0.3, 0.4) is 0 Å². The van der Waals surface area contributed by atoms with Crippen LogP contribution in [0.1, 0.15) is 99.8 Å². The van der Waals surface area contributed by atoms with Crippen molar-refractivity contribution in [2.75, 3.05) is 6.61 Å². The molecular formula is C30H48O3. The van der Waals surface area contributed by atoms with Crippen molar-refractivity contribution in [3.63, 3.8) is 0 Å². The van der Waals surface area contributed by atoms with Crippen molar-refractivity contribution in [1.29, 1.82) is 0 Å². The molecule has 2 bridgehead atoms. The van der Waals surface area contributed by atoms with E-state index in [1.165, 1.54) is 38.5 Å². The van der Waals surface area contributed by atoms with Gasteiger partial charge < -0.3 is 9.84 Å². The Morgan fingerprint density at radius 2 is 1.79 bits per heavy atom. The first-order valence-corrected chi connectivity index (χ1v) is 14.0. The molecule has 3 saturated carbocycles. The van der Waals surface area contributed by atoms with E-state index in [0.717, 1.165) is 19.4 Å². The highest BCUT2D eigenvalue weighted by Crippen LogP contribution is 2.73. The molecule has 0 radical (unpaired) electrons. The molecule has 1 heterocycles. The van der Waals surface area contributed by atoms with Gasteiger partial charge in [0.25, 0.3) is 0 Å². The highest BCUT2D eigenvalue weighted by molar-refractivity contribution is 5.72. The van der Waals surface area contributed by atoms with Gasteiger partial charge in [-0.25, -0.2) is 0 Å². The molecule has 4 aliphatic carbocycles. The molecule has 3 heteroatoms. The second-order valence-corrected chi connectivity index (χ2v) is 14.1. The summed E-state index contributed by atoms with van der Waals surface area (Å²) in [6, 6.07) is 0. The van der Waals surface area contributed by atoms with Gasteiger partial charge in [0.2, 0.25) is 0 Å². The fourth-order valence-corrected chi connectivity index (χ4v) is 10.4. The summed E-state index contributed by atoms with van der Waals surface area (Å²) in [6.07, 6.45) is 12.5. The number of hydrogen-bond acceptors (Lipinski definition) is 2. The number of carboxylic acids is 1. The van der Waals surface area contributed by atoms with Gasteiger partial charge in [0.15, 0.2) is 0 Å². The molecule has 1 N–H and O–H groups in total. The van der Waals surface area contributed by atoms with Crippen molar-refractivity contribution in [1.82, 2.24) is 0 Å². The number of ether oxygens (including phenoxy) is 1. The van der Waals surface area contributed by atoms with E-state index in [9.17, 15) is 9.90 Å². The first kappa shape index (κ1) is 23.9. The first-order valence-electron chi connectivity index (χ1n) is 14.0. The molecule has 3 nitrogen and oxygen atoms in total. The van der Waals surface area contributed by atoms with Gasteiger partial charge in [0, 0.05) is 5.41 Å². The predicted molar refractivity (Wildman–Crippen MR) is 133 cm³/mol. The van der Waals surface area contributed by atoms with Gasteiger partial charge >= 0.3 is 5.97 Å². The largest absolute Gasteiger partial charge is 0.481 e. The quantitative estimate of drug-likeness (QED) is 0.451. The zero-order valence-corrected chi connectivity index (χ0v) is 22.2. The first-order chi connectivity index (χ1) is 15.4. The third kappa shape index (κ3) is 2.93. The molecule has 5 aliphatic rings. The molecule has 33 heavy (non-hydrogen) atoms. The Bertz CT molecular complexity index is 845. The highest BCUT2D eigenvalue weighted by atomic mass is 16.5. The van der Waals surface area contributed by atoms with E-state index in [1.54, 1.807) is 5.57 Å². The third-order valence-corrected chi connectivity index (χ3v) is 12.7. The maximum atomic E-state index is 12.5. The lowest BCUT2D eigenvalue weighted by Crippen LogP contribution is -2.66. The van der Waals surface area contributed by atoms with Crippen molar-refractivity contribution >= 4 is 5.97 Å². The molecule has 0 spiro atoms. The van der Waals surface area contributed by atoms with Crippen LogP contribution in [-0.4, -0.2) is 23.8 Å².